The van der Waals surface area contributed by atoms with Crippen LogP contribution in [0.25, 0.3) is 0 Å². The smallest absolute Gasteiger partial charge is 0.306 e. The summed E-state index contributed by atoms with van der Waals surface area (Å²) >= 11 is 0. The Bertz CT molecular complexity index is 215. The number of carbonyl (C=O) groups is 1. The van der Waals surface area contributed by atoms with Crippen molar-refractivity contribution in [3.8, 4) is 0 Å². The zero-order valence-electron chi connectivity index (χ0n) is 12.3. The van der Waals surface area contributed by atoms with E-state index in [0.717, 1.165) is 25.2 Å². The van der Waals surface area contributed by atoms with Crippen molar-refractivity contribution in [3.63, 3.8) is 0 Å². The topological polar surface area (TPSA) is 37.3 Å². The molecule has 0 aromatic rings. The van der Waals surface area contributed by atoms with Crippen LogP contribution in [0.5, 0.6) is 0 Å². The molecule has 0 amide bonds. The lowest BCUT2D eigenvalue weighted by molar-refractivity contribution is -0.142. The number of carboxylic acid groups (broad SMARTS) is 1. The Labute approximate surface area is 107 Å². The van der Waals surface area contributed by atoms with E-state index in [1.165, 1.54) is 19.3 Å². The molecule has 0 saturated heterocycles. The van der Waals surface area contributed by atoms with Gasteiger partial charge in [-0.1, -0.05) is 53.9 Å². The summed E-state index contributed by atoms with van der Waals surface area (Å²) in [6.07, 6.45) is 6.28. The van der Waals surface area contributed by atoms with Gasteiger partial charge in [0.1, 0.15) is 0 Å². The molecule has 0 radical (unpaired) electrons. The van der Waals surface area contributed by atoms with Crippen LogP contribution in [0.2, 0.25) is 0 Å². The zero-order chi connectivity index (χ0) is 13.5. The molecule has 0 saturated carbocycles. The highest BCUT2D eigenvalue weighted by Crippen LogP contribution is 2.34. The third-order valence-corrected chi connectivity index (χ3v) is 3.81. The fourth-order valence-corrected chi connectivity index (χ4v) is 2.47. The highest BCUT2D eigenvalue weighted by Gasteiger charge is 2.24. The van der Waals surface area contributed by atoms with Gasteiger partial charge in [-0.05, 0) is 30.6 Å². The van der Waals surface area contributed by atoms with Gasteiger partial charge in [-0.15, -0.1) is 0 Å². The van der Waals surface area contributed by atoms with Crippen LogP contribution in [-0.2, 0) is 4.79 Å². The molecular weight excluding hydrogens is 212 g/mol. The molecule has 17 heavy (non-hydrogen) atoms. The predicted molar refractivity (Wildman–Crippen MR) is 73.1 cm³/mol. The molecule has 2 atom stereocenters. The second-order valence-electron chi connectivity index (χ2n) is 6.23. The van der Waals surface area contributed by atoms with Crippen molar-refractivity contribution in [2.45, 2.75) is 73.1 Å². The average Bonchev–Trinajstić information content (AvgIpc) is 2.20. The van der Waals surface area contributed by atoms with Crippen molar-refractivity contribution in [2.24, 2.45) is 17.3 Å². The Morgan fingerprint density at radius 1 is 1.12 bits per heavy atom. The summed E-state index contributed by atoms with van der Waals surface area (Å²) in [5, 5.41) is 9.00. The largest absolute Gasteiger partial charge is 0.481 e. The fraction of sp³-hybridized carbons (Fsp3) is 0.933. The van der Waals surface area contributed by atoms with Gasteiger partial charge >= 0.3 is 5.97 Å². The van der Waals surface area contributed by atoms with E-state index in [1.54, 1.807) is 0 Å². The minimum Gasteiger partial charge on any atom is -0.481 e. The quantitative estimate of drug-likeness (QED) is 0.668. The molecule has 0 aliphatic heterocycles. The molecule has 2 unspecified atom stereocenters. The van der Waals surface area contributed by atoms with E-state index in [0.29, 0.717) is 5.41 Å². The van der Waals surface area contributed by atoms with E-state index in [1.807, 2.05) is 6.92 Å². The van der Waals surface area contributed by atoms with E-state index in [9.17, 15) is 4.79 Å². The molecule has 0 spiro atoms. The van der Waals surface area contributed by atoms with Crippen LogP contribution < -0.4 is 0 Å². The molecular formula is C15H30O2. The summed E-state index contributed by atoms with van der Waals surface area (Å²) in [7, 11) is 0. The molecule has 102 valence electrons. The number of hydrogen-bond donors (Lipinski definition) is 1. The van der Waals surface area contributed by atoms with Crippen LogP contribution >= 0.6 is 0 Å². The maximum Gasteiger partial charge on any atom is 0.306 e. The third-order valence-electron chi connectivity index (χ3n) is 3.81. The highest BCUT2D eigenvalue weighted by atomic mass is 16.4. The summed E-state index contributed by atoms with van der Waals surface area (Å²) in [5.74, 6) is -0.0497. The van der Waals surface area contributed by atoms with Crippen molar-refractivity contribution in [1.82, 2.24) is 0 Å². The van der Waals surface area contributed by atoms with Gasteiger partial charge in [0.2, 0.25) is 0 Å². The van der Waals surface area contributed by atoms with Crippen LogP contribution in [0, 0.1) is 17.3 Å². The predicted octanol–water partition coefficient (Wildman–Crippen LogP) is 4.73. The van der Waals surface area contributed by atoms with Gasteiger partial charge in [-0.3, -0.25) is 4.79 Å². The standard InChI is InChI=1S/C15H30O2/c1-6-9-13(15(3,4)5)11-8-10-12(7-2)14(16)17/h12-13H,6-11H2,1-5H3,(H,16,17). The molecule has 1 N–H and O–H groups in total. The molecule has 0 heterocycles. The minimum absolute atomic E-state index is 0.141. The lowest BCUT2D eigenvalue weighted by Crippen LogP contribution is -2.21. The second-order valence-corrected chi connectivity index (χ2v) is 6.23. The van der Waals surface area contributed by atoms with E-state index in [4.69, 9.17) is 5.11 Å². The third kappa shape index (κ3) is 6.70. The molecule has 0 aromatic heterocycles. The van der Waals surface area contributed by atoms with Crippen molar-refractivity contribution >= 4 is 5.97 Å². The van der Waals surface area contributed by atoms with E-state index in [2.05, 4.69) is 27.7 Å². The monoisotopic (exact) mass is 242 g/mol. The van der Waals surface area contributed by atoms with Gasteiger partial charge in [0, 0.05) is 0 Å². The first-order chi connectivity index (χ1) is 7.82. The summed E-state index contributed by atoms with van der Waals surface area (Å²) in [5.41, 5.74) is 0.348. The Kier molecular flexibility index (Phi) is 7.49. The molecule has 2 heteroatoms. The summed E-state index contributed by atoms with van der Waals surface area (Å²) in [6.45, 7) is 11.1. The lowest BCUT2D eigenvalue weighted by Gasteiger charge is -2.31. The van der Waals surface area contributed by atoms with Gasteiger partial charge in [-0.25, -0.2) is 0 Å². The average molecular weight is 242 g/mol. The molecule has 0 aromatic carbocycles. The van der Waals surface area contributed by atoms with Crippen molar-refractivity contribution < 1.29 is 9.90 Å². The van der Waals surface area contributed by atoms with Gasteiger partial charge < -0.3 is 5.11 Å². The Balaban J connectivity index is 4.10. The Morgan fingerprint density at radius 3 is 2.06 bits per heavy atom. The van der Waals surface area contributed by atoms with Crippen molar-refractivity contribution in [3.05, 3.63) is 0 Å². The van der Waals surface area contributed by atoms with Crippen LogP contribution in [0.4, 0.5) is 0 Å². The number of rotatable bonds is 8. The van der Waals surface area contributed by atoms with Crippen LogP contribution in [0.1, 0.15) is 73.1 Å². The Hall–Kier alpha value is -0.530. The first-order valence-corrected chi connectivity index (χ1v) is 7.05. The maximum absolute atomic E-state index is 10.9. The van der Waals surface area contributed by atoms with E-state index in [-0.39, 0.29) is 5.92 Å². The molecule has 0 rings (SSSR count). The minimum atomic E-state index is -0.629. The number of hydrogen-bond acceptors (Lipinski definition) is 1. The summed E-state index contributed by atoms with van der Waals surface area (Å²) < 4.78 is 0. The van der Waals surface area contributed by atoms with Crippen LogP contribution in [-0.4, -0.2) is 11.1 Å². The van der Waals surface area contributed by atoms with Gasteiger partial charge in [0.25, 0.3) is 0 Å². The summed E-state index contributed by atoms with van der Waals surface area (Å²) in [4.78, 5) is 10.9. The van der Waals surface area contributed by atoms with Crippen molar-refractivity contribution in [2.75, 3.05) is 0 Å². The number of aliphatic carboxylic acids is 1. The highest BCUT2D eigenvalue weighted by molar-refractivity contribution is 5.69. The fourth-order valence-electron chi connectivity index (χ4n) is 2.47. The zero-order valence-corrected chi connectivity index (χ0v) is 12.3. The molecule has 0 fully saturated rings. The molecule has 0 aliphatic carbocycles. The van der Waals surface area contributed by atoms with E-state index >= 15 is 0 Å². The van der Waals surface area contributed by atoms with Gasteiger partial charge in [0.05, 0.1) is 5.92 Å². The molecule has 0 bridgehead atoms. The Morgan fingerprint density at radius 2 is 1.71 bits per heavy atom. The van der Waals surface area contributed by atoms with Crippen LogP contribution in [0.15, 0.2) is 0 Å². The first kappa shape index (κ1) is 16.5. The van der Waals surface area contributed by atoms with Crippen molar-refractivity contribution in [1.29, 1.82) is 0 Å². The van der Waals surface area contributed by atoms with E-state index < -0.39 is 5.97 Å². The molecule has 0 aliphatic rings. The van der Waals surface area contributed by atoms with Crippen LogP contribution in [0.3, 0.4) is 0 Å². The first-order valence-electron chi connectivity index (χ1n) is 7.05. The summed E-state index contributed by atoms with van der Waals surface area (Å²) in [6, 6.07) is 0. The van der Waals surface area contributed by atoms with Gasteiger partial charge in [0.15, 0.2) is 0 Å². The lowest BCUT2D eigenvalue weighted by atomic mass is 9.75. The number of carboxylic acids is 1. The second kappa shape index (κ2) is 7.73. The maximum atomic E-state index is 10.9. The SMILES string of the molecule is CCCC(CCCC(CC)C(=O)O)C(C)(C)C. The normalized spacial score (nSPS) is 15.6. The van der Waals surface area contributed by atoms with Gasteiger partial charge in [-0.2, -0.15) is 0 Å². The molecule has 2 nitrogen and oxygen atoms in total.